The number of carboxylic acid groups (broad SMARTS) is 2. The zero-order valence-electron chi connectivity index (χ0n) is 18.0. The number of carbonyl (C=O) groups excluding carboxylic acids is 4. The van der Waals surface area contributed by atoms with Gasteiger partial charge in [0.15, 0.2) is 0 Å². The Morgan fingerprint density at radius 3 is 1.85 bits per heavy atom. The molecule has 0 aromatic heterocycles. The highest BCUT2D eigenvalue weighted by molar-refractivity contribution is 7.80. The summed E-state index contributed by atoms with van der Waals surface area (Å²) in [5, 5.41) is 25.0. The van der Waals surface area contributed by atoms with E-state index in [2.05, 4.69) is 28.6 Å². The molecule has 0 radical (unpaired) electrons. The van der Waals surface area contributed by atoms with E-state index in [1.54, 1.807) is 0 Å². The van der Waals surface area contributed by atoms with Gasteiger partial charge in [-0.2, -0.15) is 12.6 Å². The van der Waals surface area contributed by atoms with Crippen molar-refractivity contribution < 1.29 is 39.0 Å². The molecule has 4 unspecified atom stereocenters. The van der Waals surface area contributed by atoms with Gasteiger partial charge in [0, 0.05) is 12.2 Å². The number of amides is 4. The zero-order chi connectivity index (χ0) is 25.6. The third kappa shape index (κ3) is 12.6. The summed E-state index contributed by atoms with van der Waals surface area (Å²) in [5.41, 5.74) is 16.0. The van der Waals surface area contributed by atoms with E-state index in [1.165, 1.54) is 0 Å². The molecule has 0 saturated heterocycles. The fourth-order valence-corrected chi connectivity index (χ4v) is 2.84. The normalized spacial score (nSPS) is 14.3. The fraction of sp³-hybridized carbons (Fsp3) is 0.667. The standard InChI is InChI=1S/C18H32N6O8S/c19-6-2-1-3-10(18(31)32)22-17(30)12(8-33)24-16(29)11(7-14(26)27)23-15(28)9(20)4-5-13(21)25/h9-12,33H,1-8,19-20H2,(H2,21,25)(H,22,30)(H,23,28)(H,24,29)(H,26,27)(H,31,32). The van der Waals surface area contributed by atoms with Gasteiger partial charge in [0.2, 0.25) is 23.6 Å². The van der Waals surface area contributed by atoms with Crippen LogP contribution in [0.15, 0.2) is 0 Å². The van der Waals surface area contributed by atoms with E-state index in [0.29, 0.717) is 19.4 Å². The van der Waals surface area contributed by atoms with Gasteiger partial charge < -0.3 is 43.4 Å². The lowest BCUT2D eigenvalue weighted by Gasteiger charge is -2.23. The second kappa shape index (κ2) is 15.8. The highest BCUT2D eigenvalue weighted by Crippen LogP contribution is 2.03. The van der Waals surface area contributed by atoms with Crippen LogP contribution in [0.3, 0.4) is 0 Å². The molecule has 15 heteroatoms. The lowest BCUT2D eigenvalue weighted by Crippen LogP contribution is -2.58. The van der Waals surface area contributed by atoms with Gasteiger partial charge in [-0.3, -0.25) is 24.0 Å². The first kappa shape index (κ1) is 30.1. The van der Waals surface area contributed by atoms with Crippen LogP contribution in [0.4, 0.5) is 0 Å². The van der Waals surface area contributed by atoms with E-state index >= 15 is 0 Å². The van der Waals surface area contributed by atoms with Gasteiger partial charge >= 0.3 is 11.9 Å². The lowest BCUT2D eigenvalue weighted by molar-refractivity contribution is -0.143. The van der Waals surface area contributed by atoms with Crippen molar-refractivity contribution in [3.63, 3.8) is 0 Å². The van der Waals surface area contributed by atoms with Crippen molar-refractivity contribution in [1.29, 1.82) is 0 Å². The third-order valence-corrected chi connectivity index (χ3v) is 4.79. The largest absolute Gasteiger partial charge is 0.481 e. The minimum Gasteiger partial charge on any atom is -0.481 e. The van der Waals surface area contributed by atoms with E-state index in [9.17, 15) is 33.9 Å². The minimum absolute atomic E-state index is 0.117. The summed E-state index contributed by atoms with van der Waals surface area (Å²) < 4.78 is 0. The van der Waals surface area contributed by atoms with Crippen molar-refractivity contribution >= 4 is 48.2 Å². The van der Waals surface area contributed by atoms with Gasteiger partial charge in [0.05, 0.1) is 12.5 Å². The summed E-state index contributed by atoms with van der Waals surface area (Å²) in [4.78, 5) is 70.5. The number of nitrogens with one attached hydrogen (secondary N) is 3. The van der Waals surface area contributed by atoms with Gasteiger partial charge in [-0.1, -0.05) is 0 Å². The fourth-order valence-electron chi connectivity index (χ4n) is 2.58. The van der Waals surface area contributed by atoms with Crippen LogP contribution in [-0.2, 0) is 28.8 Å². The molecule has 0 aliphatic heterocycles. The SMILES string of the molecule is NCCCCC(NC(=O)C(CS)NC(=O)C(CC(=O)O)NC(=O)C(N)CCC(N)=O)C(=O)O. The third-order valence-electron chi connectivity index (χ3n) is 4.43. The molecule has 0 bridgehead atoms. The Bertz CT molecular complexity index is 722. The smallest absolute Gasteiger partial charge is 0.326 e. The van der Waals surface area contributed by atoms with Crippen molar-refractivity contribution in [1.82, 2.24) is 16.0 Å². The van der Waals surface area contributed by atoms with Crippen LogP contribution < -0.4 is 33.2 Å². The van der Waals surface area contributed by atoms with Gasteiger partial charge in [0.1, 0.15) is 18.1 Å². The molecule has 0 spiro atoms. The van der Waals surface area contributed by atoms with E-state index in [-0.39, 0.29) is 25.0 Å². The molecule has 0 aliphatic carbocycles. The first-order valence-corrected chi connectivity index (χ1v) is 10.8. The molecule has 0 fully saturated rings. The van der Waals surface area contributed by atoms with Gasteiger partial charge in [-0.15, -0.1) is 0 Å². The molecule has 0 heterocycles. The summed E-state index contributed by atoms with van der Waals surface area (Å²) in [7, 11) is 0. The number of hydrogen-bond donors (Lipinski definition) is 9. The first-order valence-electron chi connectivity index (χ1n) is 10.1. The second-order valence-electron chi connectivity index (χ2n) is 7.20. The lowest BCUT2D eigenvalue weighted by atomic mass is 10.1. The molecule has 0 saturated carbocycles. The van der Waals surface area contributed by atoms with Crippen molar-refractivity contribution in [3.05, 3.63) is 0 Å². The van der Waals surface area contributed by atoms with Crippen molar-refractivity contribution in [3.8, 4) is 0 Å². The van der Waals surface area contributed by atoms with Crippen LogP contribution in [0.2, 0.25) is 0 Å². The highest BCUT2D eigenvalue weighted by atomic mass is 32.1. The molecule has 11 N–H and O–H groups in total. The maximum absolute atomic E-state index is 12.6. The summed E-state index contributed by atoms with van der Waals surface area (Å²) in [6.07, 6.45) is -0.00353. The summed E-state index contributed by atoms with van der Waals surface area (Å²) in [6, 6.07) is -5.35. The Kier molecular flexibility index (Phi) is 14.4. The number of rotatable bonds is 17. The monoisotopic (exact) mass is 492 g/mol. The summed E-state index contributed by atoms with van der Waals surface area (Å²) in [6.45, 7) is 0.360. The maximum Gasteiger partial charge on any atom is 0.326 e. The van der Waals surface area contributed by atoms with Gasteiger partial charge in [-0.25, -0.2) is 4.79 Å². The van der Waals surface area contributed by atoms with Crippen molar-refractivity contribution in [2.24, 2.45) is 17.2 Å². The Balaban J connectivity index is 5.19. The van der Waals surface area contributed by atoms with Gasteiger partial charge in [-0.05, 0) is 32.2 Å². The zero-order valence-corrected chi connectivity index (χ0v) is 18.9. The highest BCUT2D eigenvalue weighted by Gasteiger charge is 2.30. The van der Waals surface area contributed by atoms with Crippen molar-refractivity contribution in [2.45, 2.75) is 62.7 Å². The second-order valence-corrected chi connectivity index (χ2v) is 7.56. The maximum atomic E-state index is 12.6. The number of nitrogens with two attached hydrogens (primary N) is 3. The molecule has 33 heavy (non-hydrogen) atoms. The van der Waals surface area contributed by atoms with E-state index in [4.69, 9.17) is 22.3 Å². The molecule has 0 rings (SSSR count). The molecule has 0 aromatic rings. The summed E-state index contributed by atoms with van der Waals surface area (Å²) in [5.74, 6) is -6.38. The van der Waals surface area contributed by atoms with Crippen molar-refractivity contribution in [2.75, 3.05) is 12.3 Å². The Morgan fingerprint density at radius 2 is 1.36 bits per heavy atom. The van der Waals surface area contributed by atoms with Crippen LogP contribution in [0.5, 0.6) is 0 Å². The number of carbonyl (C=O) groups is 6. The molecule has 4 atom stereocenters. The van der Waals surface area contributed by atoms with E-state index < -0.39 is 66.2 Å². The predicted octanol–water partition coefficient (Wildman–Crippen LogP) is -3.35. The molecular weight excluding hydrogens is 460 g/mol. The average molecular weight is 493 g/mol. The number of primary amides is 1. The van der Waals surface area contributed by atoms with Gasteiger partial charge in [0.25, 0.3) is 0 Å². The van der Waals surface area contributed by atoms with Crippen LogP contribution in [0.25, 0.3) is 0 Å². The number of hydrogen-bond acceptors (Lipinski definition) is 9. The average Bonchev–Trinajstić information content (AvgIpc) is 2.73. The molecule has 0 aliphatic rings. The Labute approximate surface area is 195 Å². The van der Waals surface area contributed by atoms with Crippen LogP contribution in [0.1, 0.15) is 38.5 Å². The number of unbranched alkanes of at least 4 members (excludes halogenated alkanes) is 1. The predicted molar refractivity (Wildman–Crippen MR) is 119 cm³/mol. The van der Waals surface area contributed by atoms with E-state index in [1.807, 2.05) is 0 Å². The molecule has 0 aromatic carbocycles. The van der Waals surface area contributed by atoms with E-state index in [0.717, 1.165) is 0 Å². The van der Waals surface area contributed by atoms with Crippen LogP contribution in [-0.4, -0.2) is 82.2 Å². The first-order chi connectivity index (χ1) is 15.4. The summed E-state index contributed by atoms with van der Waals surface area (Å²) >= 11 is 3.97. The van der Waals surface area contributed by atoms with Crippen LogP contribution >= 0.6 is 12.6 Å². The Hall–Kier alpha value is -2.91. The molecule has 14 nitrogen and oxygen atoms in total. The Morgan fingerprint density at radius 1 is 0.818 bits per heavy atom. The molecular formula is C18H32N6O8S. The topological polar surface area (TPSA) is 257 Å². The number of thiol groups is 1. The molecule has 4 amide bonds. The quantitative estimate of drug-likeness (QED) is 0.0719. The number of carboxylic acids is 2. The number of aliphatic carboxylic acids is 2. The molecule has 188 valence electrons. The minimum atomic E-state index is -1.59. The van der Waals surface area contributed by atoms with Crippen LogP contribution in [0, 0.1) is 0 Å².